The molecule has 0 atom stereocenters. The lowest BCUT2D eigenvalue weighted by molar-refractivity contribution is -0.395. The Morgan fingerprint density at radius 2 is 1.62 bits per heavy atom. The summed E-state index contributed by atoms with van der Waals surface area (Å²) in [6.45, 7) is 2.13. The summed E-state index contributed by atoms with van der Waals surface area (Å²) in [5.74, 6) is 1.85. The van der Waals surface area contributed by atoms with Gasteiger partial charge in [0.25, 0.3) is 0 Å². The van der Waals surface area contributed by atoms with E-state index in [1.165, 1.54) is 22.4 Å². The zero-order chi connectivity index (χ0) is 14.4. The second-order valence-corrected chi connectivity index (χ2v) is 5.46. The normalized spacial score (nSPS) is 19.3. The highest BCUT2D eigenvalue weighted by Crippen LogP contribution is 2.38. The molecule has 2 heteroatoms. The van der Waals surface area contributed by atoms with Crippen molar-refractivity contribution in [2.75, 3.05) is 7.05 Å². The summed E-state index contributed by atoms with van der Waals surface area (Å²) >= 11 is 0. The van der Waals surface area contributed by atoms with E-state index in [2.05, 4.69) is 61.2 Å². The van der Waals surface area contributed by atoms with E-state index in [0.717, 1.165) is 17.1 Å². The number of rotatable bonds is 0. The maximum absolute atomic E-state index is 6.14. The first-order chi connectivity index (χ1) is 10.2. The topological polar surface area (TPSA) is 12.2 Å². The third-order valence-corrected chi connectivity index (χ3v) is 4.04. The molecule has 0 saturated carbocycles. The van der Waals surface area contributed by atoms with Gasteiger partial charge in [0, 0.05) is 11.6 Å². The van der Waals surface area contributed by atoms with Crippen molar-refractivity contribution in [1.82, 2.24) is 0 Å². The quantitative estimate of drug-likeness (QED) is 0.654. The summed E-state index contributed by atoms with van der Waals surface area (Å²) in [7, 11) is 2.07. The van der Waals surface area contributed by atoms with Crippen LogP contribution in [0.25, 0.3) is 11.1 Å². The summed E-state index contributed by atoms with van der Waals surface area (Å²) in [6.07, 6.45) is 4.27. The summed E-state index contributed by atoms with van der Waals surface area (Å²) in [5.41, 5.74) is 5.98. The molecule has 0 amide bonds. The van der Waals surface area contributed by atoms with Gasteiger partial charge in [-0.1, -0.05) is 30.3 Å². The third kappa shape index (κ3) is 1.83. The number of hydrogen-bond acceptors (Lipinski definition) is 1. The van der Waals surface area contributed by atoms with Crippen LogP contribution in [0.2, 0.25) is 0 Å². The lowest BCUT2D eigenvalue weighted by Crippen LogP contribution is -2.05. The van der Waals surface area contributed by atoms with Gasteiger partial charge in [-0.25, -0.2) is 4.58 Å². The molecule has 0 bridgehead atoms. The minimum absolute atomic E-state index is 0.919. The average Bonchev–Trinajstić information content (AvgIpc) is 2.85. The standard InChI is InChI=1S/C19H16NO/c1-13-11-19(21-18-10-6-4-7-14(13)18)16-12-20(2)17-9-5-3-8-15(16)17/h3-12H,1-2H3/q+1. The molecule has 2 aliphatic rings. The van der Waals surface area contributed by atoms with Crippen molar-refractivity contribution in [3.63, 3.8) is 0 Å². The van der Waals surface area contributed by atoms with Gasteiger partial charge < -0.3 is 4.74 Å². The van der Waals surface area contributed by atoms with Crippen LogP contribution in [0.5, 0.6) is 5.75 Å². The van der Waals surface area contributed by atoms with Crippen LogP contribution in [0, 0.1) is 0 Å². The van der Waals surface area contributed by atoms with E-state index in [1.807, 2.05) is 18.2 Å². The molecule has 2 aromatic rings. The van der Waals surface area contributed by atoms with Crippen LogP contribution < -0.4 is 4.74 Å². The Morgan fingerprint density at radius 1 is 0.905 bits per heavy atom. The molecular formula is C19H16NO+. The summed E-state index contributed by atoms with van der Waals surface area (Å²) in [4.78, 5) is 0. The smallest absolute Gasteiger partial charge is 0.213 e. The first-order valence-corrected chi connectivity index (χ1v) is 7.11. The monoisotopic (exact) mass is 274 g/mol. The molecule has 2 aromatic carbocycles. The summed E-state index contributed by atoms with van der Waals surface area (Å²) in [5, 5.41) is 0. The molecule has 21 heavy (non-hydrogen) atoms. The molecule has 0 saturated heterocycles. The van der Waals surface area contributed by atoms with Crippen molar-refractivity contribution in [1.29, 1.82) is 0 Å². The highest BCUT2D eigenvalue weighted by molar-refractivity contribution is 6.14. The first-order valence-electron chi connectivity index (χ1n) is 7.11. The van der Waals surface area contributed by atoms with Gasteiger partial charge in [-0.15, -0.1) is 0 Å². The molecule has 102 valence electrons. The van der Waals surface area contributed by atoms with Gasteiger partial charge in [-0.2, -0.15) is 0 Å². The van der Waals surface area contributed by atoms with Crippen LogP contribution in [-0.2, 0) is 0 Å². The highest BCUT2D eigenvalue weighted by atomic mass is 16.5. The van der Waals surface area contributed by atoms with Crippen molar-refractivity contribution in [3.8, 4) is 5.75 Å². The van der Waals surface area contributed by atoms with Gasteiger partial charge in [0.2, 0.25) is 5.69 Å². The Bertz CT molecular complexity index is 840. The number of para-hydroxylation sites is 2. The second kappa shape index (κ2) is 4.45. The lowest BCUT2D eigenvalue weighted by Gasteiger charge is -2.18. The van der Waals surface area contributed by atoms with Crippen molar-refractivity contribution >= 4 is 23.0 Å². The number of nitrogens with zero attached hydrogens (tertiary/aromatic N) is 1. The molecule has 2 aliphatic heterocycles. The third-order valence-electron chi connectivity index (χ3n) is 4.04. The molecule has 0 aliphatic carbocycles. The molecule has 2 nitrogen and oxygen atoms in total. The van der Waals surface area contributed by atoms with Crippen molar-refractivity contribution in [2.45, 2.75) is 6.92 Å². The van der Waals surface area contributed by atoms with Crippen LogP contribution in [0.1, 0.15) is 18.1 Å². The predicted octanol–water partition coefficient (Wildman–Crippen LogP) is 4.25. The number of benzene rings is 2. The average molecular weight is 274 g/mol. The van der Waals surface area contributed by atoms with E-state index in [1.54, 1.807) is 0 Å². The van der Waals surface area contributed by atoms with E-state index < -0.39 is 0 Å². The lowest BCUT2D eigenvalue weighted by atomic mass is 9.99. The van der Waals surface area contributed by atoms with E-state index in [0.29, 0.717) is 0 Å². The maximum Gasteiger partial charge on any atom is 0.213 e. The minimum atomic E-state index is 0.919. The highest BCUT2D eigenvalue weighted by Gasteiger charge is 2.27. The van der Waals surface area contributed by atoms with Crippen LogP contribution >= 0.6 is 0 Å². The predicted molar refractivity (Wildman–Crippen MR) is 86.0 cm³/mol. The van der Waals surface area contributed by atoms with Crippen molar-refractivity contribution in [3.05, 3.63) is 71.5 Å². The Hall–Kier alpha value is -2.61. The van der Waals surface area contributed by atoms with Gasteiger partial charge in [0.15, 0.2) is 6.21 Å². The fourth-order valence-electron chi connectivity index (χ4n) is 2.97. The largest absolute Gasteiger partial charge is 0.456 e. The van der Waals surface area contributed by atoms with E-state index in [9.17, 15) is 0 Å². The van der Waals surface area contributed by atoms with Crippen molar-refractivity contribution in [2.24, 2.45) is 0 Å². The Balaban J connectivity index is 1.92. The SMILES string of the molecule is CC1=CC(=C2C=[N+](C)c3ccccc32)Oc2ccccc21. The summed E-state index contributed by atoms with van der Waals surface area (Å²) < 4.78 is 8.28. The Morgan fingerprint density at radius 3 is 2.48 bits per heavy atom. The van der Waals surface area contributed by atoms with Gasteiger partial charge in [0.05, 0.1) is 11.1 Å². The number of allylic oxidation sites excluding steroid dienone is 3. The Kier molecular flexibility index (Phi) is 2.58. The summed E-state index contributed by atoms with van der Waals surface area (Å²) in [6, 6.07) is 16.6. The van der Waals surface area contributed by atoms with E-state index >= 15 is 0 Å². The zero-order valence-corrected chi connectivity index (χ0v) is 12.1. The molecule has 0 N–H and O–H groups in total. The number of fused-ring (bicyclic) bond motifs is 2. The molecule has 0 aromatic heterocycles. The van der Waals surface area contributed by atoms with E-state index in [4.69, 9.17) is 4.74 Å². The fraction of sp³-hybridized carbons (Fsp3) is 0.105. The zero-order valence-electron chi connectivity index (χ0n) is 12.1. The molecule has 0 unspecified atom stereocenters. The second-order valence-electron chi connectivity index (χ2n) is 5.46. The van der Waals surface area contributed by atoms with Crippen LogP contribution in [0.3, 0.4) is 0 Å². The number of hydrogen-bond donors (Lipinski definition) is 0. The molecule has 2 heterocycles. The number of ether oxygens (including phenoxy) is 1. The molecule has 0 spiro atoms. The molecule has 0 radical (unpaired) electrons. The van der Waals surface area contributed by atoms with Gasteiger partial charge in [0.1, 0.15) is 18.6 Å². The van der Waals surface area contributed by atoms with E-state index in [-0.39, 0.29) is 0 Å². The maximum atomic E-state index is 6.14. The Labute approximate surface area is 124 Å². The van der Waals surface area contributed by atoms with Gasteiger partial charge in [-0.05, 0) is 30.7 Å². The van der Waals surface area contributed by atoms with Crippen LogP contribution in [0.15, 0.2) is 60.4 Å². The van der Waals surface area contributed by atoms with Gasteiger partial charge in [-0.3, -0.25) is 0 Å². The molecule has 0 fully saturated rings. The fourth-order valence-corrected chi connectivity index (χ4v) is 2.97. The van der Waals surface area contributed by atoms with Crippen molar-refractivity contribution < 1.29 is 9.31 Å². The van der Waals surface area contributed by atoms with Crippen LogP contribution in [0.4, 0.5) is 5.69 Å². The first kappa shape index (κ1) is 12.2. The van der Waals surface area contributed by atoms with Crippen LogP contribution in [-0.4, -0.2) is 17.8 Å². The molecule has 4 rings (SSSR count). The van der Waals surface area contributed by atoms with Gasteiger partial charge >= 0.3 is 0 Å². The minimum Gasteiger partial charge on any atom is -0.456 e. The molecular weight excluding hydrogens is 258 g/mol.